The Morgan fingerprint density at radius 1 is 1.14 bits per heavy atom. The molecule has 0 aromatic carbocycles. The molecule has 0 bridgehead atoms. The maximum Gasteiger partial charge on any atom is 0.332 e. The monoisotopic (exact) mass is 418 g/mol. The van der Waals surface area contributed by atoms with Crippen molar-refractivity contribution >= 4 is 33.4 Å². The van der Waals surface area contributed by atoms with E-state index in [0.29, 0.717) is 29.1 Å². The van der Waals surface area contributed by atoms with Crippen LogP contribution in [0.3, 0.4) is 0 Å². The molecule has 3 heterocycles. The van der Waals surface area contributed by atoms with E-state index in [1.807, 2.05) is 13.8 Å². The number of aromatic nitrogens is 2. The van der Waals surface area contributed by atoms with Crippen molar-refractivity contribution in [3.05, 3.63) is 56.4 Å². The molecule has 0 saturated carbocycles. The van der Waals surface area contributed by atoms with E-state index in [2.05, 4.69) is 5.32 Å². The second kappa shape index (κ2) is 8.91. The van der Waals surface area contributed by atoms with Crippen LogP contribution in [0.15, 0.2) is 43.8 Å². The standard InChI is InChI=1S/C19H22N4O5S/c1-3-21(4-2)16(25)12-22-14-7-9-29-17(14)18(26)23(19(22)27)11-15(24)20-10-13-6-5-8-28-13/h5-9H,3-4,10-12H2,1-2H3,(H,20,24). The molecule has 0 aliphatic rings. The van der Waals surface area contributed by atoms with Crippen LogP contribution in [0.25, 0.3) is 10.2 Å². The number of rotatable bonds is 8. The van der Waals surface area contributed by atoms with Gasteiger partial charge >= 0.3 is 5.69 Å². The molecule has 1 N–H and O–H groups in total. The normalized spacial score (nSPS) is 11.0. The largest absolute Gasteiger partial charge is 0.467 e. The van der Waals surface area contributed by atoms with Gasteiger partial charge in [-0.15, -0.1) is 11.3 Å². The van der Waals surface area contributed by atoms with Crippen molar-refractivity contribution in [3.63, 3.8) is 0 Å². The van der Waals surface area contributed by atoms with Crippen molar-refractivity contribution < 1.29 is 14.0 Å². The number of furan rings is 1. The molecule has 0 fully saturated rings. The van der Waals surface area contributed by atoms with Gasteiger partial charge in [-0.05, 0) is 37.4 Å². The number of hydrogen-bond acceptors (Lipinski definition) is 6. The minimum absolute atomic E-state index is 0.149. The van der Waals surface area contributed by atoms with E-state index in [1.165, 1.54) is 22.2 Å². The number of nitrogens with zero attached hydrogens (tertiary/aromatic N) is 3. The van der Waals surface area contributed by atoms with Gasteiger partial charge in [0.2, 0.25) is 11.8 Å². The summed E-state index contributed by atoms with van der Waals surface area (Å²) in [6.07, 6.45) is 1.49. The van der Waals surface area contributed by atoms with Crippen LogP contribution in [-0.4, -0.2) is 38.9 Å². The van der Waals surface area contributed by atoms with E-state index in [4.69, 9.17) is 4.42 Å². The predicted molar refractivity (Wildman–Crippen MR) is 109 cm³/mol. The average Bonchev–Trinajstić information content (AvgIpc) is 3.40. The first-order valence-corrected chi connectivity index (χ1v) is 10.1. The van der Waals surface area contributed by atoms with Crippen LogP contribution < -0.4 is 16.6 Å². The molecule has 3 rings (SSSR count). The summed E-state index contributed by atoms with van der Waals surface area (Å²) in [5.74, 6) is -0.170. The van der Waals surface area contributed by atoms with Gasteiger partial charge in [0.1, 0.15) is 23.5 Å². The van der Waals surface area contributed by atoms with Crippen molar-refractivity contribution in [2.24, 2.45) is 0 Å². The second-order valence-corrected chi connectivity index (χ2v) is 7.23. The lowest BCUT2D eigenvalue weighted by Crippen LogP contribution is -2.45. The number of carbonyl (C=O) groups is 2. The first-order valence-electron chi connectivity index (χ1n) is 9.23. The summed E-state index contributed by atoms with van der Waals surface area (Å²) in [4.78, 5) is 52.1. The van der Waals surface area contributed by atoms with Gasteiger partial charge in [0.25, 0.3) is 5.56 Å². The number of fused-ring (bicyclic) bond motifs is 1. The van der Waals surface area contributed by atoms with Crippen LogP contribution in [0.5, 0.6) is 0 Å². The lowest BCUT2D eigenvalue weighted by atomic mass is 10.4. The first kappa shape index (κ1) is 20.6. The fourth-order valence-corrected chi connectivity index (χ4v) is 3.88. The zero-order chi connectivity index (χ0) is 21.0. The molecule has 0 aliphatic heterocycles. The molecule has 0 unspecified atom stereocenters. The highest BCUT2D eigenvalue weighted by atomic mass is 32.1. The van der Waals surface area contributed by atoms with Crippen LogP contribution in [0, 0.1) is 0 Å². The third-order valence-electron chi connectivity index (χ3n) is 4.59. The highest BCUT2D eigenvalue weighted by Crippen LogP contribution is 2.15. The highest BCUT2D eigenvalue weighted by molar-refractivity contribution is 7.17. The summed E-state index contributed by atoms with van der Waals surface area (Å²) in [5, 5.41) is 4.30. The lowest BCUT2D eigenvalue weighted by Gasteiger charge is -2.20. The first-order chi connectivity index (χ1) is 14.0. The van der Waals surface area contributed by atoms with Crippen molar-refractivity contribution in [2.45, 2.75) is 33.5 Å². The molecule has 10 heteroatoms. The van der Waals surface area contributed by atoms with Crippen molar-refractivity contribution in [1.29, 1.82) is 0 Å². The summed E-state index contributed by atoms with van der Waals surface area (Å²) in [7, 11) is 0. The summed E-state index contributed by atoms with van der Waals surface area (Å²) in [5.41, 5.74) is -0.827. The van der Waals surface area contributed by atoms with Gasteiger partial charge in [-0.3, -0.25) is 19.0 Å². The number of thiophene rings is 1. The molecule has 3 aromatic heterocycles. The minimum atomic E-state index is -0.686. The Morgan fingerprint density at radius 2 is 1.90 bits per heavy atom. The number of hydrogen-bond donors (Lipinski definition) is 1. The molecule has 0 spiro atoms. The molecule has 0 radical (unpaired) electrons. The molecule has 2 amide bonds. The highest BCUT2D eigenvalue weighted by Gasteiger charge is 2.19. The Hall–Kier alpha value is -3.14. The molecule has 0 saturated heterocycles. The zero-order valence-corrected chi connectivity index (χ0v) is 17.0. The summed E-state index contributed by atoms with van der Waals surface area (Å²) < 4.78 is 7.60. The maximum atomic E-state index is 13.0. The van der Waals surface area contributed by atoms with E-state index >= 15 is 0 Å². The third kappa shape index (κ3) is 4.32. The van der Waals surface area contributed by atoms with E-state index < -0.39 is 23.7 Å². The minimum Gasteiger partial charge on any atom is -0.467 e. The van der Waals surface area contributed by atoms with Crippen molar-refractivity contribution in [3.8, 4) is 0 Å². The molecular weight excluding hydrogens is 396 g/mol. The number of nitrogens with one attached hydrogen (secondary N) is 1. The van der Waals surface area contributed by atoms with E-state index in [0.717, 1.165) is 4.57 Å². The number of amides is 2. The van der Waals surface area contributed by atoms with E-state index in [-0.39, 0.29) is 19.0 Å². The Kier molecular flexibility index (Phi) is 6.32. The quantitative estimate of drug-likeness (QED) is 0.587. The Labute approximate surface area is 170 Å². The molecule has 0 atom stereocenters. The summed E-state index contributed by atoms with van der Waals surface area (Å²) in [6.45, 7) is 4.27. The van der Waals surface area contributed by atoms with Gasteiger partial charge in [0, 0.05) is 13.1 Å². The van der Waals surface area contributed by atoms with Crippen molar-refractivity contribution in [1.82, 2.24) is 19.4 Å². The molecule has 154 valence electrons. The zero-order valence-electron chi connectivity index (χ0n) is 16.2. The third-order valence-corrected chi connectivity index (χ3v) is 5.48. The number of likely N-dealkylation sites (N-methyl/N-ethyl adjacent to an activating group) is 1. The molecule has 0 aliphatic carbocycles. The smallest absolute Gasteiger partial charge is 0.332 e. The van der Waals surface area contributed by atoms with Gasteiger partial charge in [0.05, 0.1) is 18.3 Å². The Morgan fingerprint density at radius 3 is 2.55 bits per heavy atom. The Balaban J connectivity index is 1.91. The van der Waals surface area contributed by atoms with Crippen LogP contribution in [0.2, 0.25) is 0 Å². The van der Waals surface area contributed by atoms with Crippen LogP contribution >= 0.6 is 11.3 Å². The van der Waals surface area contributed by atoms with Gasteiger partial charge in [-0.1, -0.05) is 0 Å². The lowest BCUT2D eigenvalue weighted by molar-refractivity contribution is -0.131. The predicted octanol–water partition coefficient (Wildman–Crippen LogP) is 1.00. The molecule has 29 heavy (non-hydrogen) atoms. The van der Waals surface area contributed by atoms with Gasteiger partial charge in [-0.25, -0.2) is 9.36 Å². The van der Waals surface area contributed by atoms with Crippen LogP contribution in [0.4, 0.5) is 0 Å². The van der Waals surface area contributed by atoms with Crippen LogP contribution in [0.1, 0.15) is 19.6 Å². The Bertz CT molecular complexity index is 1120. The molecular formula is C19H22N4O5S. The SMILES string of the molecule is CCN(CC)C(=O)Cn1c(=O)n(CC(=O)NCc2ccco2)c(=O)c2sccc21. The van der Waals surface area contributed by atoms with Crippen LogP contribution in [-0.2, 0) is 29.2 Å². The fourth-order valence-electron chi connectivity index (χ4n) is 3.04. The maximum absolute atomic E-state index is 13.0. The van der Waals surface area contributed by atoms with E-state index in [9.17, 15) is 19.2 Å². The second-order valence-electron chi connectivity index (χ2n) is 6.32. The molecule has 9 nitrogen and oxygen atoms in total. The average molecular weight is 418 g/mol. The van der Waals surface area contributed by atoms with Crippen molar-refractivity contribution in [2.75, 3.05) is 13.1 Å². The van der Waals surface area contributed by atoms with E-state index in [1.54, 1.807) is 28.5 Å². The van der Waals surface area contributed by atoms with Gasteiger partial charge < -0.3 is 14.6 Å². The van der Waals surface area contributed by atoms with Gasteiger partial charge in [-0.2, -0.15) is 0 Å². The number of carbonyl (C=O) groups excluding carboxylic acids is 2. The fraction of sp³-hybridized carbons (Fsp3) is 0.368. The topological polar surface area (TPSA) is 107 Å². The van der Waals surface area contributed by atoms with Gasteiger partial charge in [0.15, 0.2) is 0 Å². The summed E-state index contributed by atoms with van der Waals surface area (Å²) >= 11 is 1.17. The molecule has 3 aromatic rings. The summed E-state index contributed by atoms with van der Waals surface area (Å²) in [6, 6.07) is 5.04.